The molecule has 4 nitrogen and oxygen atoms in total. The molecular weight excluding hydrogens is 292 g/mol. The van der Waals surface area contributed by atoms with Crippen molar-refractivity contribution in [3.63, 3.8) is 0 Å². The summed E-state index contributed by atoms with van der Waals surface area (Å²) in [5.41, 5.74) is 2.48. The SMILES string of the molecule is CN1CCN(c2ncnc3scc(-c4ccccc4)c23)CC1. The van der Waals surface area contributed by atoms with E-state index in [0.29, 0.717) is 0 Å². The smallest absolute Gasteiger partial charge is 0.141 e. The molecule has 0 atom stereocenters. The normalized spacial score (nSPS) is 16.3. The molecule has 0 unspecified atom stereocenters. The molecule has 3 heterocycles. The molecule has 1 aromatic carbocycles. The van der Waals surface area contributed by atoms with Crippen molar-refractivity contribution in [1.29, 1.82) is 0 Å². The monoisotopic (exact) mass is 310 g/mol. The summed E-state index contributed by atoms with van der Waals surface area (Å²) in [7, 11) is 2.17. The number of anilines is 1. The molecule has 0 radical (unpaired) electrons. The van der Waals surface area contributed by atoms with E-state index in [-0.39, 0.29) is 0 Å². The highest BCUT2D eigenvalue weighted by atomic mass is 32.1. The second kappa shape index (κ2) is 5.66. The van der Waals surface area contributed by atoms with Crippen molar-refractivity contribution in [1.82, 2.24) is 14.9 Å². The maximum Gasteiger partial charge on any atom is 0.141 e. The van der Waals surface area contributed by atoms with E-state index in [2.05, 4.69) is 62.5 Å². The average Bonchev–Trinajstić information content (AvgIpc) is 3.00. The van der Waals surface area contributed by atoms with Gasteiger partial charge in [-0.05, 0) is 12.6 Å². The third kappa shape index (κ3) is 2.36. The zero-order valence-electron chi connectivity index (χ0n) is 12.6. The molecule has 1 saturated heterocycles. The Morgan fingerprint density at radius 1 is 1.00 bits per heavy atom. The van der Waals surface area contributed by atoms with Crippen LogP contribution in [0.15, 0.2) is 42.0 Å². The van der Waals surface area contributed by atoms with Crippen molar-refractivity contribution < 1.29 is 0 Å². The molecule has 0 amide bonds. The Balaban J connectivity index is 1.83. The van der Waals surface area contributed by atoms with Gasteiger partial charge in [0, 0.05) is 37.1 Å². The fraction of sp³-hybridized carbons (Fsp3) is 0.294. The number of nitrogens with zero attached hydrogens (tertiary/aromatic N) is 4. The topological polar surface area (TPSA) is 32.3 Å². The number of fused-ring (bicyclic) bond motifs is 1. The molecule has 0 N–H and O–H groups in total. The molecule has 22 heavy (non-hydrogen) atoms. The van der Waals surface area contributed by atoms with Gasteiger partial charge in [0.1, 0.15) is 17.0 Å². The maximum absolute atomic E-state index is 4.62. The number of hydrogen-bond acceptors (Lipinski definition) is 5. The predicted molar refractivity (Wildman–Crippen MR) is 92.6 cm³/mol. The van der Waals surface area contributed by atoms with Gasteiger partial charge in [0.15, 0.2) is 0 Å². The number of thiophene rings is 1. The van der Waals surface area contributed by atoms with Gasteiger partial charge in [0.05, 0.1) is 5.39 Å². The molecule has 0 aliphatic carbocycles. The first kappa shape index (κ1) is 13.7. The van der Waals surface area contributed by atoms with E-state index < -0.39 is 0 Å². The highest BCUT2D eigenvalue weighted by molar-refractivity contribution is 7.17. The van der Waals surface area contributed by atoms with E-state index in [4.69, 9.17) is 0 Å². The lowest BCUT2D eigenvalue weighted by Gasteiger charge is -2.33. The Kier molecular flexibility index (Phi) is 3.52. The van der Waals surface area contributed by atoms with Gasteiger partial charge in [0.2, 0.25) is 0 Å². The van der Waals surface area contributed by atoms with Crippen LogP contribution >= 0.6 is 11.3 Å². The van der Waals surface area contributed by atoms with E-state index in [1.165, 1.54) is 16.5 Å². The summed E-state index contributed by atoms with van der Waals surface area (Å²) < 4.78 is 0. The van der Waals surface area contributed by atoms with E-state index in [9.17, 15) is 0 Å². The fourth-order valence-corrected chi connectivity index (χ4v) is 3.86. The number of aromatic nitrogens is 2. The number of likely N-dealkylation sites (N-methyl/N-ethyl adjacent to an activating group) is 1. The lowest BCUT2D eigenvalue weighted by atomic mass is 10.1. The lowest BCUT2D eigenvalue weighted by molar-refractivity contribution is 0.312. The molecule has 0 spiro atoms. The summed E-state index contributed by atoms with van der Waals surface area (Å²) >= 11 is 1.70. The Hall–Kier alpha value is -1.98. The maximum atomic E-state index is 4.62. The molecule has 1 aliphatic rings. The van der Waals surface area contributed by atoms with Gasteiger partial charge in [-0.2, -0.15) is 0 Å². The number of hydrogen-bond donors (Lipinski definition) is 0. The first-order chi connectivity index (χ1) is 10.8. The second-order valence-corrected chi connectivity index (χ2v) is 6.54. The van der Waals surface area contributed by atoms with Crippen LogP contribution < -0.4 is 4.90 Å². The number of benzene rings is 1. The van der Waals surface area contributed by atoms with Crippen molar-refractivity contribution in [3.05, 3.63) is 42.0 Å². The van der Waals surface area contributed by atoms with Gasteiger partial charge in [-0.25, -0.2) is 9.97 Å². The van der Waals surface area contributed by atoms with Crippen molar-refractivity contribution >= 4 is 27.4 Å². The minimum atomic E-state index is 1.02. The van der Waals surface area contributed by atoms with E-state index in [1.54, 1.807) is 17.7 Å². The minimum Gasteiger partial charge on any atom is -0.353 e. The summed E-state index contributed by atoms with van der Waals surface area (Å²) in [4.78, 5) is 14.9. The molecule has 1 aliphatic heterocycles. The van der Waals surface area contributed by atoms with Gasteiger partial charge < -0.3 is 9.80 Å². The van der Waals surface area contributed by atoms with Crippen LogP contribution in [-0.4, -0.2) is 48.1 Å². The van der Waals surface area contributed by atoms with Gasteiger partial charge in [-0.1, -0.05) is 30.3 Å². The lowest BCUT2D eigenvalue weighted by Crippen LogP contribution is -2.44. The molecule has 0 bridgehead atoms. The first-order valence-electron chi connectivity index (χ1n) is 7.54. The molecular formula is C17H18N4S. The molecule has 5 heteroatoms. The summed E-state index contributed by atoms with van der Waals surface area (Å²) in [5, 5.41) is 3.40. The highest BCUT2D eigenvalue weighted by Crippen LogP contribution is 2.37. The number of piperazine rings is 1. The van der Waals surface area contributed by atoms with Gasteiger partial charge in [-0.15, -0.1) is 11.3 Å². The Morgan fingerprint density at radius 3 is 2.55 bits per heavy atom. The van der Waals surface area contributed by atoms with Gasteiger partial charge >= 0.3 is 0 Å². The van der Waals surface area contributed by atoms with Crippen molar-refractivity contribution in [2.45, 2.75) is 0 Å². The molecule has 1 fully saturated rings. The molecule has 3 aromatic rings. The third-order valence-electron chi connectivity index (χ3n) is 4.24. The largest absolute Gasteiger partial charge is 0.353 e. The van der Waals surface area contributed by atoms with Crippen LogP contribution in [0.4, 0.5) is 5.82 Å². The highest BCUT2D eigenvalue weighted by Gasteiger charge is 2.20. The Bertz CT molecular complexity index is 776. The molecule has 2 aromatic heterocycles. The summed E-state index contributed by atoms with van der Waals surface area (Å²) in [6.07, 6.45) is 1.70. The molecule has 112 valence electrons. The molecule has 0 saturated carbocycles. The van der Waals surface area contributed by atoms with Crippen LogP contribution in [0.2, 0.25) is 0 Å². The fourth-order valence-electron chi connectivity index (χ4n) is 2.95. The Morgan fingerprint density at radius 2 is 1.77 bits per heavy atom. The average molecular weight is 310 g/mol. The van der Waals surface area contributed by atoms with Crippen LogP contribution in [0.25, 0.3) is 21.3 Å². The zero-order chi connectivity index (χ0) is 14.9. The summed E-state index contributed by atoms with van der Waals surface area (Å²) in [6, 6.07) is 10.5. The van der Waals surface area contributed by atoms with E-state index >= 15 is 0 Å². The van der Waals surface area contributed by atoms with Crippen LogP contribution in [0.3, 0.4) is 0 Å². The van der Waals surface area contributed by atoms with Crippen LogP contribution in [0, 0.1) is 0 Å². The van der Waals surface area contributed by atoms with Crippen LogP contribution in [0.1, 0.15) is 0 Å². The third-order valence-corrected chi connectivity index (χ3v) is 5.12. The quantitative estimate of drug-likeness (QED) is 0.728. The summed E-state index contributed by atoms with van der Waals surface area (Å²) in [5.74, 6) is 1.08. The van der Waals surface area contributed by atoms with Crippen LogP contribution in [0.5, 0.6) is 0 Å². The molecule has 4 rings (SSSR count). The first-order valence-corrected chi connectivity index (χ1v) is 8.42. The number of rotatable bonds is 2. The predicted octanol–water partition coefficient (Wildman–Crippen LogP) is 3.11. The van der Waals surface area contributed by atoms with Crippen molar-refractivity contribution in [3.8, 4) is 11.1 Å². The standard InChI is InChI=1S/C17H18N4S/c1-20-7-9-21(10-8-20)16-15-14(13-5-3-2-4-6-13)11-22-17(15)19-12-18-16/h2-6,11-12H,7-10H2,1H3. The van der Waals surface area contributed by atoms with Crippen molar-refractivity contribution in [2.24, 2.45) is 0 Å². The van der Waals surface area contributed by atoms with Gasteiger partial charge in [-0.3, -0.25) is 0 Å². The Labute approximate surface area is 134 Å². The zero-order valence-corrected chi connectivity index (χ0v) is 13.4. The van der Waals surface area contributed by atoms with Crippen LogP contribution in [-0.2, 0) is 0 Å². The summed E-state index contributed by atoms with van der Waals surface area (Å²) in [6.45, 7) is 4.20. The van der Waals surface area contributed by atoms with E-state index in [0.717, 1.165) is 36.8 Å². The van der Waals surface area contributed by atoms with E-state index in [1.807, 2.05) is 0 Å². The van der Waals surface area contributed by atoms with Crippen molar-refractivity contribution in [2.75, 3.05) is 38.1 Å². The second-order valence-electron chi connectivity index (χ2n) is 5.68. The van der Waals surface area contributed by atoms with Gasteiger partial charge in [0.25, 0.3) is 0 Å². The minimum absolute atomic E-state index is 1.02.